The first-order valence-corrected chi connectivity index (χ1v) is 38.0. The Labute approximate surface area is 595 Å². The lowest BCUT2D eigenvalue weighted by molar-refractivity contribution is -0.205. The van der Waals surface area contributed by atoms with Gasteiger partial charge in [-0.2, -0.15) is 0 Å². The van der Waals surface area contributed by atoms with Gasteiger partial charge in [0.15, 0.2) is 17.8 Å². The molecule has 16 aliphatic carbocycles. The lowest BCUT2D eigenvalue weighted by Gasteiger charge is -2.55. The van der Waals surface area contributed by atoms with E-state index in [1.54, 1.807) is 6.07 Å². The molecule has 2 saturated carbocycles. The quantitative estimate of drug-likeness (QED) is 0.0283. The van der Waals surface area contributed by atoms with Gasteiger partial charge in [-0.25, -0.2) is 9.59 Å². The molecule has 17 atom stereocenters. The Morgan fingerprint density at radius 2 is 1.55 bits per heavy atom. The van der Waals surface area contributed by atoms with Gasteiger partial charge in [0.25, 0.3) is 0 Å². The summed E-state index contributed by atoms with van der Waals surface area (Å²) in [6.45, 7) is -0.309. The van der Waals surface area contributed by atoms with Gasteiger partial charge >= 0.3 is 17.6 Å². The lowest BCUT2D eigenvalue weighted by Crippen LogP contribution is -2.61. The van der Waals surface area contributed by atoms with E-state index in [2.05, 4.69) is 145 Å². The van der Waals surface area contributed by atoms with Crippen LogP contribution in [0.15, 0.2) is 154 Å². The van der Waals surface area contributed by atoms with Crippen molar-refractivity contribution in [2.45, 2.75) is 175 Å². The number of aliphatic hydroxyl groups excluding tert-OH is 4. The van der Waals surface area contributed by atoms with Gasteiger partial charge in [0, 0.05) is 65.1 Å². The van der Waals surface area contributed by atoms with E-state index in [1.807, 2.05) is 13.0 Å². The summed E-state index contributed by atoms with van der Waals surface area (Å²) in [5, 5.41) is 43.7. The van der Waals surface area contributed by atoms with E-state index in [1.165, 1.54) is 85.2 Å². The number of hydrogen-bond acceptors (Lipinski definition) is 12. The molecule has 1 aromatic heterocycles. The smallest absolute Gasteiger partial charge is 0.340 e. The second-order valence-corrected chi connectivity index (χ2v) is 32.2. The molecule has 26 rings (SSSR count). The van der Waals surface area contributed by atoms with E-state index in [0.717, 1.165) is 50.5 Å². The van der Waals surface area contributed by atoms with Gasteiger partial charge in [0.2, 0.25) is 0 Å². The van der Waals surface area contributed by atoms with Crippen molar-refractivity contribution in [3.8, 4) is 17.6 Å². The fourth-order valence-corrected chi connectivity index (χ4v) is 23.4. The highest BCUT2D eigenvalue weighted by atomic mass is 16.6. The molecule has 6 aromatic carbocycles. The Balaban J connectivity index is 0.889. The first-order valence-electron chi connectivity index (χ1n) is 38.0. The molecule has 19 aliphatic rings. The Morgan fingerprint density at radius 3 is 2.41 bits per heavy atom. The Bertz CT molecular complexity index is 4880. The fourth-order valence-electron chi connectivity index (χ4n) is 23.4. The zero-order valence-corrected chi connectivity index (χ0v) is 57.9. The number of carbonyl (C=O) groups excluding carboxylic acids is 2. The minimum atomic E-state index is -1.52. The Morgan fingerprint density at radius 1 is 0.706 bits per heavy atom. The number of esters is 2. The van der Waals surface area contributed by atoms with Crippen LogP contribution >= 0.6 is 0 Å². The summed E-state index contributed by atoms with van der Waals surface area (Å²) in [4.78, 5) is 48.4. The topological polar surface area (TPSA) is 182 Å². The van der Waals surface area contributed by atoms with Gasteiger partial charge in [-0.05, 0) is 238 Å². The first-order chi connectivity index (χ1) is 50.0. The maximum atomic E-state index is 16.7. The highest BCUT2D eigenvalue weighted by molar-refractivity contribution is 5.91. The Kier molecular flexibility index (Phi) is 15.9. The van der Waals surface area contributed by atoms with Gasteiger partial charge in [-0.3, -0.25) is 4.79 Å². The summed E-state index contributed by atoms with van der Waals surface area (Å²) < 4.78 is 35.2. The number of aliphatic hydroxyl groups is 4. The molecule has 520 valence electrons. The van der Waals surface area contributed by atoms with Crippen LogP contribution in [0.2, 0.25) is 0 Å². The molecule has 4 N–H and O–H groups in total. The van der Waals surface area contributed by atoms with Crippen LogP contribution in [0.25, 0.3) is 23.1 Å². The SMILES string of the molecule is CC(CO)=C1CC2c3ccc4c5c3C3CC2Cc2ccc(cc2)Cc2ccc6c(c2)C27c8cccc(c8CCC2CCCC7C=C6)C2C=CC4C(CC(=O)OC4c6c(ccc7c(CO)c(C(CCO)COCO)c(=O)oc67)OC(CC#CC5)(C5CC6c7ccccc7C=CC6C5C3)C4OC1=O)C2. The monoisotopic (exact) mass is 1360 g/mol. The van der Waals surface area contributed by atoms with Crippen molar-refractivity contribution in [2.75, 3.05) is 26.6 Å². The third-order valence-corrected chi connectivity index (χ3v) is 27.6. The number of ether oxygens (including phenoxy) is 4. The van der Waals surface area contributed by atoms with Crippen molar-refractivity contribution in [3.63, 3.8) is 0 Å². The number of hydrogen-bond donors (Lipinski definition) is 4. The van der Waals surface area contributed by atoms with Crippen LogP contribution in [0.3, 0.4) is 0 Å². The van der Waals surface area contributed by atoms with Crippen molar-refractivity contribution in [1.29, 1.82) is 0 Å². The second kappa shape index (κ2) is 25.2. The number of benzene rings is 6. The van der Waals surface area contributed by atoms with Crippen molar-refractivity contribution in [3.05, 3.63) is 250 Å². The lowest BCUT2D eigenvalue weighted by atomic mass is 9.48. The van der Waals surface area contributed by atoms with Gasteiger partial charge in [0.05, 0.1) is 31.8 Å². The number of fused-ring (bicyclic) bond motifs is 9. The van der Waals surface area contributed by atoms with Crippen LogP contribution in [0, 0.1) is 53.3 Å². The molecule has 12 heteroatoms. The van der Waals surface area contributed by atoms with Crippen molar-refractivity contribution >= 4 is 35.1 Å². The maximum Gasteiger partial charge on any atom is 0.340 e. The van der Waals surface area contributed by atoms with Crippen LogP contribution in [0.4, 0.5) is 0 Å². The molecule has 17 unspecified atom stereocenters. The maximum absolute atomic E-state index is 16.7. The first kappa shape index (κ1) is 64.4. The third kappa shape index (κ3) is 9.90. The molecule has 0 radical (unpaired) electrons. The van der Waals surface area contributed by atoms with E-state index in [4.69, 9.17) is 23.4 Å². The highest BCUT2D eigenvalue weighted by Crippen LogP contribution is 2.66. The zero-order chi connectivity index (χ0) is 68.9. The molecule has 20 bridgehead atoms. The van der Waals surface area contributed by atoms with Crippen molar-refractivity contribution in [1.82, 2.24) is 0 Å². The normalized spacial score (nSPS) is 32.2. The van der Waals surface area contributed by atoms with Crippen LogP contribution < -0.4 is 10.4 Å². The minimum absolute atomic E-state index is 0.00110. The van der Waals surface area contributed by atoms with Crippen molar-refractivity contribution < 1.29 is 53.4 Å². The van der Waals surface area contributed by atoms with Crippen LogP contribution in [-0.2, 0) is 61.5 Å². The molecule has 2 spiro atoms. The van der Waals surface area contributed by atoms with Gasteiger partial charge < -0.3 is 43.8 Å². The molecular weight excluding hydrogens is 1270 g/mol. The van der Waals surface area contributed by atoms with E-state index in [-0.39, 0.29) is 126 Å². The van der Waals surface area contributed by atoms with E-state index < -0.39 is 67.2 Å². The van der Waals surface area contributed by atoms with Gasteiger partial charge in [-0.15, -0.1) is 0 Å². The average Bonchev–Trinajstić information content (AvgIpc) is 0.958. The summed E-state index contributed by atoms with van der Waals surface area (Å²) in [6, 6.07) is 40.9. The number of rotatable bonds is 8. The molecule has 2 fully saturated rings. The summed E-state index contributed by atoms with van der Waals surface area (Å²) in [5.74, 6) is 5.66. The standard InChI is InChI=1S/C90H88O12/c1-49(45-92)71-43-72-57-37-51-17-15-50(16-18-51)36-52-19-20-54-21-24-60-9-6-10-61-25-28-67-63(13-7-14-76(67)90(60,61)77(54)38-52)55-23-26-64-58(39-55)42-80(95)99-85-83-79(32-31-70-75(46-93)82(88(97)100-84(70)83)56(33-35-91)47-98-48-94)102-89(86(85)101-87(71)96)34-5-4-12-68-65(64)29-30-69(72)81(68)59(40-57)41-74-66-27-22-53-8-2-3-11-62(53)73(66)44-78(74)89/h2-3,7-8,11,13-24,26-27,29-32,38,55-61,64,66,72-74,78,85-86,91-94H,6,9-10,12,25,28,33-37,39-48H2,1H3. The predicted octanol–water partition coefficient (Wildman–Crippen LogP) is 15.0. The molecule has 102 heavy (non-hydrogen) atoms. The van der Waals surface area contributed by atoms with Crippen LogP contribution in [0.5, 0.6) is 5.75 Å². The van der Waals surface area contributed by atoms with Crippen molar-refractivity contribution in [2.24, 2.45) is 41.4 Å². The minimum Gasteiger partial charge on any atom is -0.481 e. The molecule has 0 saturated heterocycles. The molecular formula is C90H88O12. The molecule has 4 heterocycles. The van der Waals surface area contributed by atoms with Gasteiger partial charge in [0.1, 0.15) is 18.1 Å². The molecule has 7 aromatic rings. The van der Waals surface area contributed by atoms with Crippen LogP contribution in [-0.4, -0.2) is 70.7 Å². The summed E-state index contributed by atoms with van der Waals surface area (Å²) in [7, 11) is 0. The van der Waals surface area contributed by atoms with Crippen LogP contribution in [0.1, 0.15) is 220 Å². The molecule has 3 aliphatic heterocycles. The third-order valence-electron chi connectivity index (χ3n) is 27.6. The summed E-state index contributed by atoms with van der Waals surface area (Å²) in [6.07, 6.45) is 22.6. The molecule has 12 nitrogen and oxygen atoms in total. The number of carbonyl (C=O) groups is 2. The summed E-state index contributed by atoms with van der Waals surface area (Å²) in [5.41, 5.74) is 17.0. The highest BCUT2D eigenvalue weighted by Gasteiger charge is 2.65. The van der Waals surface area contributed by atoms with E-state index in [9.17, 15) is 20.4 Å². The van der Waals surface area contributed by atoms with E-state index >= 15 is 14.4 Å². The fraction of sp³-hybridized carbons (Fsp3) is 0.433. The largest absolute Gasteiger partial charge is 0.481 e. The van der Waals surface area contributed by atoms with E-state index in [0.29, 0.717) is 47.6 Å². The second-order valence-electron chi connectivity index (χ2n) is 32.2. The predicted molar refractivity (Wildman–Crippen MR) is 389 cm³/mol. The summed E-state index contributed by atoms with van der Waals surface area (Å²) >= 11 is 0. The Hall–Kier alpha value is -8.41. The zero-order valence-electron chi connectivity index (χ0n) is 57.9. The number of allylic oxidation sites excluding steroid dienone is 4. The average molecular weight is 1360 g/mol. The van der Waals surface area contributed by atoms with Gasteiger partial charge in [-0.1, -0.05) is 152 Å². The molecule has 0 amide bonds.